The highest BCUT2D eigenvalue weighted by Gasteiger charge is 2.32. The van der Waals surface area contributed by atoms with Crippen LogP contribution in [0.25, 0.3) is 0 Å². The van der Waals surface area contributed by atoms with Crippen LogP contribution in [-0.2, 0) is 16.3 Å². The normalized spacial score (nSPS) is 25.3. The Labute approximate surface area is 121 Å². The van der Waals surface area contributed by atoms with Gasteiger partial charge in [0.2, 0.25) is 0 Å². The third-order valence-corrected chi connectivity index (χ3v) is 5.93. The van der Waals surface area contributed by atoms with Crippen molar-refractivity contribution in [3.05, 3.63) is 30.1 Å². The first-order chi connectivity index (χ1) is 9.47. The lowest BCUT2D eigenvalue weighted by Gasteiger charge is -2.31. The molecule has 1 saturated carbocycles. The number of aryl methyl sites for hydroxylation is 1. The minimum atomic E-state index is -2.98. The van der Waals surface area contributed by atoms with E-state index in [-0.39, 0.29) is 11.2 Å². The van der Waals surface area contributed by atoms with Gasteiger partial charge in [-0.05, 0) is 55.7 Å². The molecule has 0 aliphatic heterocycles. The first kappa shape index (κ1) is 15.4. The molecule has 1 aromatic heterocycles. The van der Waals surface area contributed by atoms with Gasteiger partial charge < -0.3 is 5.11 Å². The Bertz CT molecular complexity index is 515. The zero-order chi connectivity index (χ0) is 14.6. The minimum absolute atomic E-state index is 0.116. The molecule has 2 rings (SSSR count). The summed E-state index contributed by atoms with van der Waals surface area (Å²) < 4.78 is 23.3. The number of hydrogen-bond acceptors (Lipinski definition) is 4. The average molecular weight is 297 g/mol. The fourth-order valence-electron chi connectivity index (χ4n) is 3.02. The van der Waals surface area contributed by atoms with E-state index in [0.29, 0.717) is 12.8 Å². The second kappa shape index (κ2) is 6.68. The van der Waals surface area contributed by atoms with Crippen LogP contribution in [0.15, 0.2) is 24.5 Å². The van der Waals surface area contributed by atoms with E-state index in [4.69, 9.17) is 0 Å². The van der Waals surface area contributed by atoms with Crippen LogP contribution in [0.3, 0.4) is 0 Å². The molecule has 0 aromatic carbocycles. The molecule has 112 valence electrons. The topological polar surface area (TPSA) is 67.3 Å². The molecule has 20 heavy (non-hydrogen) atoms. The molecule has 4 nitrogen and oxygen atoms in total. The summed E-state index contributed by atoms with van der Waals surface area (Å²) in [5.41, 5.74) is 1.16. The van der Waals surface area contributed by atoms with Gasteiger partial charge in [-0.25, -0.2) is 8.42 Å². The quantitative estimate of drug-likeness (QED) is 0.902. The summed E-state index contributed by atoms with van der Waals surface area (Å²) in [5, 5.41) is 10.0. The van der Waals surface area contributed by atoms with Crippen molar-refractivity contribution in [2.24, 2.45) is 5.92 Å². The monoisotopic (exact) mass is 297 g/mol. The molecule has 0 amide bonds. The van der Waals surface area contributed by atoms with E-state index in [1.165, 1.54) is 6.26 Å². The van der Waals surface area contributed by atoms with Gasteiger partial charge in [-0.3, -0.25) is 4.98 Å². The summed E-state index contributed by atoms with van der Waals surface area (Å²) >= 11 is 0. The maximum Gasteiger partial charge on any atom is 0.150 e. The second-order valence-corrected chi connectivity index (χ2v) is 8.17. The van der Waals surface area contributed by atoms with Crippen molar-refractivity contribution in [1.29, 1.82) is 0 Å². The van der Waals surface area contributed by atoms with E-state index < -0.39 is 15.9 Å². The Kier molecular flexibility index (Phi) is 5.16. The lowest BCUT2D eigenvalue weighted by Crippen LogP contribution is -2.33. The molecule has 0 spiro atoms. The smallest absolute Gasteiger partial charge is 0.150 e. The lowest BCUT2D eigenvalue weighted by molar-refractivity contribution is 0.0783. The maximum atomic E-state index is 11.6. The van der Waals surface area contributed by atoms with Gasteiger partial charge in [0.1, 0.15) is 9.84 Å². The molecular weight excluding hydrogens is 274 g/mol. The number of aliphatic hydroxyl groups excluding tert-OH is 1. The standard InChI is InChI=1S/C15H23NO3S/c1-20(18,19)14-4-2-3-13(11-14)15(17)6-5-12-7-9-16-10-8-12/h7-10,13-15,17H,2-6,11H2,1H3. The number of aliphatic hydroxyl groups is 1. The Morgan fingerprint density at radius 1 is 1.35 bits per heavy atom. The molecule has 1 aliphatic carbocycles. The predicted octanol–water partition coefficient (Wildman–Crippen LogP) is 1.98. The third kappa shape index (κ3) is 4.28. The Morgan fingerprint density at radius 3 is 2.70 bits per heavy atom. The molecular formula is C15H23NO3S. The predicted molar refractivity (Wildman–Crippen MR) is 79.2 cm³/mol. The number of pyridine rings is 1. The van der Waals surface area contributed by atoms with E-state index in [1.807, 2.05) is 12.1 Å². The number of sulfone groups is 1. The molecule has 1 aromatic rings. The fourth-order valence-corrected chi connectivity index (χ4v) is 4.21. The highest BCUT2D eigenvalue weighted by molar-refractivity contribution is 7.91. The Balaban J connectivity index is 1.87. The number of nitrogens with zero attached hydrogens (tertiary/aromatic N) is 1. The highest BCUT2D eigenvalue weighted by Crippen LogP contribution is 2.31. The van der Waals surface area contributed by atoms with Gasteiger partial charge in [0.05, 0.1) is 11.4 Å². The van der Waals surface area contributed by atoms with Gasteiger partial charge in [-0.2, -0.15) is 0 Å². The van der Waals surface area contributed by atoms with Crippen molar-refractivity contribution >= 4 is 9.84 Å². The number of rotatable bonds is 5. The summed E-state index contributed by atoms with van der Waals surface area (Å²) in [7, 11) is -2.98. The van der Waals surface area contributed by atoms with Gasteiger partial charge in [-0.15, -0.1) is 0 Å². The molecule has 1 aliphatic rings. The first-order valence-electron chi connectivity index (χ1n) is 7.22. The van der Waals surface area contributed by atoms with Crippen molar-refractivity contribution in [1.82, 2.24) is 4.98 Å². The van der Waals surface area contributed by atoms with Crippen LogP contribution >= 0.6 is 0 Å². The largest absolute Gasteiger partial charge is 0.393 e. The summed E-state index contributed by atoms with van der Waals surface area (Å²) in [5.74, 6) is 0.116. The van der Waals surface area contributed by atoms with E-state index in [0.717, 1.165) is 31.2 Å². The second-order valence-electron chi connectivity index (χ2n) is 5.84. The van der Waals surface area contributed by atoms with Crippen LogP contribution < -0.4 is 0 Å². The van der Waals surface area contributed by atoms with Gasteiger partial charge >= 0.3 is 0 Å². The van der Waals surface area contributed by atoms with Crippen LogP contribution in [0.4, 0.5) is 0 Å². The third-order valence-electron chi connectivity index (χ3n) is 4.29. The minimum Gasteiger partial charge on any atom is -0.393 e. The van der Waals surface area contributed by atoms with Crippen LogP contribution in [0.5, 0.6) is 0 Å². The van der Waals surface area contributed by atoms with Crippen molar-refractivity contribution in [2.75, 3.05) is 6.26 Å². The molecule has 3 atom stereocenters. The molecule has 5 heteroatoms. The van der Waals surface area contributed by atoms with Crippen molar-refractivity contribution in [3.63, 3.8) is 0 Å². The van der Waals surface area contributed by atoms with E-state index in [2.05, 4.69) is 4.98 Å². The first-order valence-corrected chi connectivity index (χ1v) is 9.18. The maximum absolute atomic E-state index is 11.6. The lowest BCUT2D eigenvalue weighted by atomic mass is 9.83. The number of hydrogen-bond donors (Lipinski definition) is 1. The van der Waals surface area contributed by atoms with Crippen molar-refractivity contribution < 1.29 is 13.5 Å². The highest BCUT2D eigenvalue weighted by atomic mass is 32.2. The molecule has 1 N–H and O–H groups in total. The van der Waals surface area contributed by atoms with Gasteiger partial charge in [-0.1, -0.05) is 6.42 Å². The van der Waals surface area contributed by atoms with Crippen molar-refractivity contribution in [3.8, 4) is 0 Å². The Hall–Kier alpha value is -0.940. The zero-order valence-corrected chi connectivity index (χ0v) is 12.7. The molecule has 0 radical (unpaired) electrons. The van der Waals surface area contributed by atoms with Crippen LogP contribution in [0.2, 0.25) is 0 Å². The molecule has 0 bridgehead atoms. The van der Waals surface area contributed by atoms with Crippen molar-refractivity contribution in [2.45, 2.75) is 49.9 Å². The van der Waals surface area contributed by atoms with Gasteiger partial charge in [0.15, 0.2) is 0 Å². The van der Waals surface area contributed by atoms with Crippen LogP contribution in [0, 0.1) is 5.92 Å². The van der Waals surface area contributed by atoms with Crippen LogP contribution in [0.1, 0.15) is 37.7 Å². The SMILES string of the molecule is CS(=O)(=O)C1CCCC(C(O)CCc2ccncc2)C1. The van der Waals surface area contributed by atoms with E-state index in [9.17, 15) is 13.5 Å². The summed E-state index contributed by atoms with van der Waals surface area (Å²) in [4.78, 5) is 3.97. The van der Waals surface area contributed by atoms with Gasteiger partial charge in [0.25, 0.3) is 0 Å². The van der Waals surface area contributed by atoms with Gasteiger partial charge in [0, 0.05) is 18.6 Å². The molecule has 3 unspecified atom stereocenters. The van der Waals surface area contributed by atoms with E-state index >= 15 is 0 Å². The fraction of sp³-hybridized carbons (Fsp3) is 0.667. The molecule has 1 heterocycles. The summed E-state index contributed by atoms with van der Waals surface area (Å²) in [6.07, 6.45) is 9.08. The Morgan fingerprint density at radius 2 is 2.05 bits per heavy atom. The van der Waals surface area contributed by atoms with Crippen LogP contribution in [-0.4, -0.2) is 36.1 Å². The zero-order valence-electron chi connectivity index (χ0n) is 11.9. The average Bonchev–Trinajstić information content (AvgIpc) is 2.45. The summed E-state index contributed by atoms with van der Waals surface area (Å²) in [6.45, 7) is 0. The molecule has 0 saturated heterocycles. The number of aromatic nitrogens is 1. The summed E-state index contributed by atoms with van der Waals surface area (Å²) in [6, 6.07) is 3.90. The molecule has 1 fully saturated rings. The van der Waals surface area contributed by atoms with E-state index in [1.54, 1.807) is 12.4 Å².